The molecule has 0 saturated heterocycles. The van der Waals surface area contributed by atoms with E-state index in [1.54, 1.807) is 12.1 Å². The summed E-state index contributed by atoms with van der Waals surface area (Å²) >= 11 is 0. The van der Waals surface area contributed by atoms with Gasteiger partial charge in [0, 0.05) is 0 Å². The van der Waals surface area contributed by atoms with Crippen LogP contribution in [-0.4, -0.2) is 15.8 Å². The lowest BCUT2D eigenvalue weighted by atomic mass is 10.2. The van der Waals surface area contributed by atoms with Gasteiger partial charge in [0.15, 0.2) is 0 Å². The Morgan fingerprint density at radius 3 is 1.91 bits per heavy atom. The van der Waals surface area contributed by atoms with Crippen molar-refractivity contribution in [2.24, 2.45) is 5.10 Å². The van der Waals surface area contributed by atoms with E-state index in [4.69, 9.17) is 5.10 Å². The Kier molecular flexibility index (Phi) is 4.34. The number of rotatable bonds is 4. The maximum atomic E-state index is 9.36. The molecule has 0 fully saturated rings. The molecule has 0 spiro atoms. The lowest BCUT2D eigenvalue weighted by Crippen LogP contribution is -2.13. The van der Waals surface area contributed by atoms with E-state index in [1.807, 2.05) is 72.6 Å². The molecule has 1 heterocycles. The topological polar surface area (TPSA) is 48.7 Å². The molecule has 3 rings (SSSR count). The molecule has 4 nitrogen and oxygen atoms in total. The number of hydrogen-bond donors (Lipinski definition) is 1. The van der Waals surface area contributed by atoms with Crippen molar-refractivity contribution in [3.05, 3.63) is 84.7 Å². The van der Waals surface area contributed by atoms with Crippen molar-refractivity contribution in [1.82, 2.24) is 4.98 Å². The summed E-state index contributed by atoms with van der Waals surface area (Å²) in [6.07, 6.45) is 1.42. The second-order valence-corrected chi connectivity index (χ2v) is 5.07. The van der Waals surface area contributed by atoms with Crippen LogP contribution < -0.4 is 5.01 Å². The average Bonchev–Trinajstić information content (AvgIpc) is 2.61. The van der Waals surface area contributed by atoms with Crippen LogP contribution >= 0.6 is 0 Å². The van der Waals surface area contributed by atoms with Gasteiger partial charge in [-0.3, -0.25) is 4.98 Å². The monoisotopic (exact) mass is 303 g/mol. The summed E-state index contributed by atoms with van der Waals surface area (Å²) in [4.78, 5) is 4.21. The highest BCUT2D eigenvalue weighted by molar-refractivity contribution is 5.98. The Balaban J connectivity index is 2.02. The largest absolute Gasteiger partial charge is 0.506 e. The van der Waals surface area contributed by atoms with Gasteiger partial charge in [-0.1, -0.05) is 36.4 Å². The van der Waals surface area contributed by atoms with E-state index in [0.29, 0.717) is 0 Å². The first kappa shape index (κ1) is 14.8. The lowest BCUT2D eigenvalue weighted by Gasteiger charge is -2.20. The predicted octanol–water partition coefficient (Wildman–Crippen LogP) is 4.35. The Hall–Kier alpha value is -3.14. The number of anilines is 2. The Bertz CT molecular complexity index is 744. The van der Waals surface area contributed by atoms with Gasteiger partial charge in [-0.05, 0) is 43.3 Å². The summed E-state index contributed by atoms with van der Waals surface area (Å²) in [5.41, 5.74) is 3.42. The van der Waals surface area contributed by atoms with Crippen molar-refractivity contribution in [3.8, 4) is 5.75 Å². The van der Waals surface area contributed by atoms with E-state index < -0.39 is 0 Å². The SMILES string of the molecule is CC(=NN(c1ccccc1)c1ccccc1)c1ccc(O)cn1. The number of hydrazone groups is 1. The summed E-state index contributed by atoms with van der Waals surface area (Å²) in [5, 5.41) is 16.0. The van der Waals surface area contributed by atoms with Crippen molar-refractivity contribution < 1.29 is 5.11 Å². The van der Waals surface area contributed by atoms with Crippen LogP contribution in [0.4, 0.5) is 11.4 Å². The molecule has 0 bridgehead atoms. The minimum atomic E-state index is 0.143. The molecule has 1 N–H and O–H groups in total. The quantitative estimate of drug-likeness (QED) is 0.576. The van der Waals surface area contributed by atoms with E-state index in [-0.39, 0.29) is 5.75 Å². The van der Waals surface area contributed by atoms with Gasteiger partial charge in [0.05, 0.1) is 29.0 Å². The zero-order chi connectivity index (χ0) is 16.1. The highest BCUT2D eigenvalue weighted by atomic mass is 16.3. The maximum Gasteiger partial charge on any atom is 0.133 e. The third-order valence-electron chi connectivity index (χ3n) is 3.37. The molecular weight excluding hydrogens is 286 g/mol. The zero-order valence-corrected chi connectivity index (χ0v) is 12.8. The first-order valence-corrected chi connectivity index (χ1v) is 7.35. The van der Waals surface area contributed by atoms with Crippen molar-refractivity contribution in [1.29, 1.82) is 0 Å². The van der Waals surface area contributed by atoms with E-state index in [1.165, 1.54) is 6.20 Å². The van der Waals surface area contributed by atoms with Crippen LogP contribution in [0.2, 0.25) is 0 Å². The molecule has 0 unspecified atom stereocenters. The van der Waals surface area contributed by atoms with Crippen LogP contribution in [0, 0.1) is 0 Å². The normalized spacial score (nSPS) is 11.3. The van der Waals surface area contributed by atoms with E-state index in [2.05, 4.69) is 4.98 Å². The standard InChI is InChI=1S/C19H17N3O/c1-15(19-13-12-18(23)14-20-19)21-22(16-8-4-2-5-9-16)17-10-6-3-7-11-17/h2-14,23H,1H3. The van der Waals surface area contributed by atoms with Crippen molar-refractivity contribution >= 4 is 17.1 Å². The van der Waals surface area contributed by atoms with Crippen LogP contribution in [-0.2, 0) is 0 Å². The second kappa shape index (κ2) is 6.75. The Morgan fingerprint density at radius 2 is 1.43 bits per heavy atom. The van der Waals surface area contributed by atoms with Gasteiger partial charge in [0.25, 0.3) is 0 Å². The molecule has 0 radical (unpaired) electrons. The van der Waals surface area contributed by atoms with Crippen LogP contribution in [0.25, 0.3) is 0 Å². The van der Waals surface area contributed by atoms with Gasteiger partial charge in [0.1, 0.15) is 5.75 Å². The molecule has 114 valence electrons. The first-order valence-electron chi connectivity index (χ1n) is 7.35. The molecule has 0 aliphatic carbocycles. The minimum Gasteiger partial charge on any atom is -0.506 e. The highest BCUT2D eigenvalue weighted by Crippen LogP contribution is 2.25. The molecular formula is C19H17N3O. The Labute approximate surface area is 135 Å². The number of aromatic hydroxyl groups is 1. The summed E-state index contributed by atoms with van der Waals surface area (Å²) in [5.74, 6) is 0.143. The molecule has 0 saturated carbocycles. The highest BCUT2D eigenvalue weighted by Gasteiger charge is 2.09. The molecule has 4 heteroatoms. The number of hydrogen-bond acceptors (Lipinski definition) is 4. The Morgan fingerprint density at radius 1 is 0.870 bits per heavy atom. The third-order valence-corrected chi connectivity index (χ3v) is 3.37. The smallest absolute Gasteiger partial charge is 0.133 e. The molecule has 0 atom stereocenters. The average molecular weight is 303 g/mol. The van der Waals surface area contributed by atoms with Gasteiger partial charge >= 0.3 is 0 Å². The number of pyridine rings is 1. The van der Waals surface area contributed by atoms with E-state index >= 15 is 0 Å². The molecule has 0 aliphatic heterocycles. The third kappa shape index (κ3) is 3.55. The van der Waals surface area contributed by atoms with Gasteiger partial charge < -0.3 is 5.11 Å². The number of aromatic nitrogens is 1. The minimum absolute atomic E-state index is 0.143. The number of benzene rings is 2. The summed E-state index contributed by atoms with van der Waals surface area (Å²) in [7, 11) is 0. The molecule has 23 heavy (non-hydrogen) atoms. The predicted molar refractivity (Wildman–Crippen MR) is 93.1 cm³/mol. The maximum absolute atomic E-state index is 9.36. The van der Waals surface area contributed by atoms with Crippen molar-refractivity contribution in [2.45, 2.75) is 6.92 Å². The molecule has 0 amide bonds. The number of para-hydroxylation sites is 2. The van der Waals surface area contributed by atoms with Gasteiger partial charge in [-0.15, -0.1) is 0 Å². The van der Waals surface area contributed by atoms with Crippen LogP contribution in [0.1, 0.15) is 12.6 Å². The van der Waals surface area contributed by atoms with Crippen LogP contribution in [0.3, 0.4) is 0 Å². The van der Waals surface area contributed by atoms with Crippen molar-refractivity contribution in [2.75, 3.05) is 5.01 Å². The molecule has 3 aromatic rings. The molecule has 1 aromatic heterocycles. The first-order chi connectivity index (χ1) is 11.2. The fourth-order valence-corrected chi connectivity index (χ4v) is 2.20. The molecule has 2 aromatic carbocycles. The summed E-state index contributed by atoms with van der Waals surface area (Å²) < 4.78 is 0. The number of nitrogens with zero attached hydrogens (tertiary/aromatic N) is 3. The van der Waals surface area contributed by atoms with Crippen LogP contribution in [0.15, 0.2) is 84.1 Å². The van der Waals surface area contributed by atoms with E-state index in [9.17, 15) is 5.11 Å². The van der Waals surface area contributed by atoms with Gasteiger partial charge in [-0.25, -0.2) is 5.01 Å². The molecule has 0 aliphatic rings. The van der Waals surface area contributed by atoms with E-state index in [0.717, 1.165) is 22.8 Å². The zero-order valence-electron chi connectivity index (χ0n) is 12.8. The second-order valence-electron chi connectivity index (χ2n) is 5.07. The van der Waals surface area contributed by atoms with Gasteiger partial charge in [0.2, 0.25) is 0 Å². The van der Waals surface area contributed by atoms with Gasteiger partial charge in [-0.2, -0.15) is 5.10 Å². The van der Waals surface area contributed by atoms with Crippen LogP contribution in [0.5, 0.6) is 5.75 Å². The fraction of sp³-hybridized carbons (Fsp3) is 0.0526. The summed E-state index contributed by atoms with van der Waals surface area (Å²) in [6.45, 7) is 1.90. The fourth-order valence-electron chi connectivity index (χ4n) is 2.20. The lowest BCUT2D eigenvalue weighted by molar-refractivity contribution is 0.472. The van der Waals surface area contributed by atoms with Crippen molar-refractivity contribution in [3.63, 3.8) is 0 Å². The summed E-state index contributed by atoms with van der Waals surface area (Å²) in [6, 6.07) is 23.3.